The molecule has 2 nitrogen and oxygen atoms in total. The van der Waals surface area contributed by atoms with Crippen LogP contribution in [0.4, 0.5) is 13.2 Å². The molecule has 0 fully saturated rings. The average molecular weight is 479 g/mol. The first-order valence-electron chi connectivity index (χ1n) is 6.48. The average Bonchev–Trinajstić information content (AvgIpc) is 2.88. The third-order valence-electron chi connectivity index (χ3n) is 4.08. The van der Waals surface area contributed by atoms with Crippen LogP contribution in [-0.4, -0.2) is 9.55 Å². The Labute approximate surface area is 138 Å². The normalized spacial score (nSPS) is 12.4. The first kappa shape index (κ1) is 15.3. The van der Waals surface area contributed by atoms with E-state index in [9.17, 15) is 13.2 Å². The molecule has 0 N–H and O–H groups in total. The number of hydrogen-bond acceptors (Lipinski definition) is 1. The Bertz CT molecular complexity index is 910. The van der Waals surface area contributed by atoms with Gasteiger partial charge < -0.3 is 4.57 Å². The van der Waals surface area contributed by atoms with Crippen LogP contribution >= 0.6 is 0 Å². The van der Waals surface area contributed by atoms with E-state index < -0.39 is 11.7 Å². The summed E-state index contributed by atoms with van der Waals surface area (Å²) in [6.45, 7) is 1.88. The molecule has 6 heteroatoms. The molecule has 22 heavy (non-hydrogen) atoms. The van der Waals surface area contributed by atoms with Crippen LogP contribution in [-0.2, 0) is 33.3 Å². The Kier molecular flexibility index (Phi) is 3.24. The van der Waals surface area contributed by atoms with Crippen LogP contribution in [0, 0.1) is 13.0 Å². The van der Waals surface area contributed by atoms with Crippen molar-refractivity contribution in [3.63, 3.8) is 0 Å². The van der Waals surface area contributed by atoms with E-state index in [4.69, 9.17) is 0 Å². The van der Waals surface area contributed by atoms with Crippen LogP contribution in [0.3, 0.4) is 0 Å². The molecule has 3 aromatic rings. The molecular weight excluding hydrogens is 469 g/mol. The minimum absolute atomic E-state index is 0. The van der Waals surface area contributed by atoms with Gasteiger partial charge in [0.05, 0.1) is 5.82 Å². The van der Waals surface area contributed by atoms with Crippen molar-refractivity contribution >= 4 is 10.8 Å². The number of imidazole rings is 1. The minimum Gasteiger partial charge on any atom is -0.340 e. The van der Waals surface area contributed by atoms with Crippen LogP contribution in [0.1, 0.15) is 11.4 Å². The van der Waals surface area contributed by atoms with Crippen LogP contribution in [0.25, 0.3) is 33.3 Å². The SMILES string of the molecule is Cc1nc2c(n1C)-c1cccc3c(C(F)(F)F)c[c-]c-2c13.[Ir]. The zero-order valence-electron chi connectivity index (χ0n) is 11.7. The first-order chi connectivity index (χ1) is 9.89. The van der Waals surface area contributed by atoms with Gasteiger partial charge in [-0.25, -0.2) is 0 Å². The fraction of sp³-hybridized carbons (Fsp3) is 0.188. The molecule has 0 atom stereocenters. The molecule has 0 unspecified atom stereocenters. The van der Waals surface area contributed by atoms with Gasteiger partial charge in [-0.1, -0.05) is 29.0 Å². The van der Waals surface area contributed by atoms with Gasteiger partial charge in [0.1, 0.15) is 0 Å². The Morgan fingerprint density at radius 1 is 1.23 bits per heavy atom. The Morgan fingerprint density at radius 2 is 1.95 bits per heavy atom. The molecule has 4 rings (SSSR count). The van der Waals surface area contributed by atoms with Crippen LogP contribution in [0.5, 0.6) is 0 Å². The summed E-state index contributed by atoms with van der Waals surface area (Å²) in [4.78, 5) is 4.47. The molecule has 1 aliphatic carbocycles. The Morgan fingerprint density at radius 3 is 2.64 bits per heavy atom. The number of alkyl halides is 3. The van der Waals surface area contributed by atoms with E-state index in [2.05, 4.69) is 11.1 Å². The van der Waals surface area contributed by atoms with Gasteiger partial charge in [0.25, 0.3) is 0 Å². The third-order valence-corrected chi connectivity index (χ3v) is 4.08. The second kappa shape index (κ2) is 4.67. The molecule has 0 aliphatic heterocycles. The third kappa shape index (κ3) is 1.80. The summed E-state index contributed by atoms with van der Waals surface area (Å²) < 4.78 is 41.4. The molecule has 0 saturated heterocycles. The largest absolute Gasteiger partial charge is 0.382 e. The van der Waals surface area contributed by atoms with E-state index in [-0.39, 0.29) is 25.5 Å². The molecular formula is C16H10F3IrN2-. The van der Waals surface area contributed by atoms with Gasteiger partial charge in [0.2, 0.25) is 0 Å². The summed E-state index contributed by atoms with van der Waals surface area (Å²) in [5, 5.41) is 0.810. The van der Waals surface area contributed by atoms with Crippen molar-refractivity contribution in [2.24, 2.45) is 7.05 Å². The van der Waals surface area contributed by atoms with Gasteiger partial charge in [-0.15, -0.1) is 17.7 Å². The van der Waals surface area contributed by atoms with Gasteiger partial charge in [-0.3, -0.25) is 4.98 Å². The molecule has 1 radical (unpaired) electrons. The van der Waals surface area contributed by atoms with E-state index in [0.29, 0.717) is 10.9 Å². The van der Waals surface area contributed by atoms with E-state index in [1.54, 1.807) is 6.07 Å². The number of fused-ring (bicyclic) bond motifs is 3. The van der Waals surface area contributed by atoms with Gasteiger partial charge >= 0.3 is 6.18 Å². The van der Waals surface area contributed by atoms with E-state index >= 15 is 0 Å². The number of rotatable bonds is 0. The van der Waals surface area contributed by atoms with Crippen molar-refractivity contribution in [3.8, 4) is 22.5 Å². The standard InChI is InChI=1S/C16H10F3N2.Ir/c1-8-20-14-10-6-7-12(16(17,18)19)9-4-3-5-11(13(9)10)15(14)21(8)2;/h3-5,7H,1-2H3;/q-1;. The molecule has 2 aromatic carbocycles. The zero-order valence-corrected chi connectivity index (χ0v) is 14.1. The topological polar surface area (TPSA) is 17.8 Å². The van der Waals surface area contributed by atoms with Gasteiger partial charge in [0.15, 0.2) is 0 Å². The van der Waals surface area contributed by atoms with E-state index in [1.165, 1.54) is 6.07 Å². The molecule has 115 valence electrons. The summed E-state index contributed by atoms with van der Waals surface area (Å²) in [7, 11) is 1.87. The Hall–Kier alpha value is -1.65. The van der Waals surface area contributed by atoms with E-state index in [1.807, 2.05) is 24.6 Å². The summed E-state index contributed by atoms with van der Waals surface area (Å²) in [6.07, 6.45) is -4.38. The summed E-state index contributed by atoms with van der Waals surface area (Å²) in [6, 6.07) is 8.83. The Balaban J connectivity index is 0.00000144. The first-order valence-corrected chi connectivity index (χ1v) is 6.48. The second-order valence-electron chi connectivity index (χ2n) is 5.22. The maximum atomic E-state index is 13.2. The van der Waals surface area contributed by atoms with E-state index in [0.717, 1.165) is 28.8 Å². The van der Waals surface area contributed by atoms with Gasteiger partial charge in [0, 0.05) is 38.5 Å². The number of halogens is 3. The van der Waals surface area contributed by atoms with Crippen LogP contribution in [0.2, 0.25) is 0 Å². The van der Waals surface area contributed by atoms with Crippen molar-refractivity contribution in [2.45, 2.75) is 13.1 Å². The number of aromatic nitrogens is 2. The zero-order chi connectivity index (χ0) is 14.9. The predicted molar refractivity (Wildman–Crippen MR) is 73.7 cm³/mol. The number of nitrogens with zero attached hydrogens (tertiary/aromatic N) is 2. The molecule has 0 bridgehead atoms. The molecule has 0 amide bonds. The predicted octanol–water partition coefficient (Wildman–Crippen LogP) is 4.35. The second-order valence-corrected chi connectivity index (χ2v) is 5.22. The molecule has 0 spiro atoms. The minimum atomic E-state index is -4.38. The maximum absolute atomic E-state index is 13.2. The molecule has 0 saturated carbocycles. The van der Waals surface area contributed by atoms with Gasteiger partial charge in [-0.05, 0) is 18.1 Å². The number of aryl methyl sites for hydroxylation is 1. The molecule has 1 aliphatic rings. The van der Waals surface area contributed by atoms with Crippen molar-refractivity contribution in [3.05, 3.63) is 41.7 Å². The van der Waals surface area contributed by atoms with Crippen molar-refractivity contribution < 1.29 is 33.3 Å². The maximum Gasteiger partial charge on any atom is 0.382 e. The van der Waals surface area contributed by atoms with Crippen LogP contribution in [0.15, 0.2) is 24.3 Å². The van der Waals surface area contributed by atoms with Crippen molar-refractivity contribution in [1.29, 1.82) is 0 Å². The smallest absolute Gasteiger partial charge is 0.340 e. The molecule has 1 aromatic heterocycles. The molecule has 1 heterocycles. The van der Waals surface area contributed by atoms with Crippen LogP contribution < -0.4 is 0 Å². The fourth-order valence-corrected chi connectivity index (χ4v) is 3.05. The number of hydrogen-bond donors (Lipinski definition) is 0. The fourth-order valence-electron chi connectivity index (χ4n) is 3.05. The summed E-state index contributed by atoms with van der Waals surface area (Å²) >= 11 is 0. The quantitative estimate of drug-likeness (QED) is 0.343. The monoisotopic (exact) mass is 480 g/mol. The van der Waals surface area contributed by atoms with Crippen molar-refractivity contribution in [1.82, 2.24) is 9.55 Å². The van der Waals surface area contributed by atoms with Crippen molar-refractivity contribution in [2.75, 3.05) is 0 Å². The summed E-state index contributed by atoms with van der Waals surface area (Å²) in [5.41, 5.74) is 2.39. The number of benzene rings is 2. The van der Waals surface area contributed by atoms with Gasteiger partial charge in [-0.2, -0.15) is 13.2 Å². The summed E-state index contributed by atoms with van der Waals surface area (Å²) in [5.74, 6) is 0.830.